The fraction of sp³-hybridized carbons (Fsp3) is 0.118. The van der Waals surface area contributed by atoms with Crippen molar-refractivity contribution < 1.29 is 4.79 Å². The number of hydrogen-bond acceptors (Lipinski definition) is 2. The van der Waals surface area contributed by atoms with Gasteiger partial charge in [-0.25, -0.2) is 0 Å². The van der Waals surface area contributed by atoms with E-state index in [1.165, 1.54) is 0 Å². The van der Waals surface area contributed by atoms with Gasteiger partial charge in [-0.3, -0.25) is 4.79 Å². The second-order valence-corrected chi connectivity index (χ2v) is 5.60. The highest BCUT2D eigenvalue weighted by atomic mass is 35.5. The van der Waals surface area contributed by atoms with Gasteiger partial charge in [0.1, 0.15) is 0 Å². The molecule has 1 aromatic heterocycles. The van der Waals surface area contributed by atoms with Gasteiger partial charge in [-0.1, -0.05) is 29.8 Å². The molecule has 3 aromatic rings. The van der Waals surface area contributed by atoms with Crippen molar-refractivity contribution in [2.45, 2.75) is 6.92 Å². The van der Waals surface area contributed by atoms with Gasteiger partial charge in [0, 0.05) is 46.0 Å². The van der Waals surface area contributed by atoms with Gasteiger partial charge < -0.3 is 10.3 Å². The molecule has 0 atom stereocenters. The zero-order chi connectivity index (χ0) is 15.1. The molecule has 0 spiro atoms. The van der Waals surface area contributed by atoms with E-state index >= 15 is 0 Å². The van der Waals surface area contributed by atoms with Gasteiger partial charge in [0.2, 0.25) is 0 Å². The number of aromatic nitrogens is 1. The van der Waals surface area contributed by atoms with Gasteiger partial charge in [-0.05, 0) is 30.7 Å². The van der Waals surface area contributed by atoms with Crippen LogP contribution in [0.25, 0.3) is 10.9 Å². The monoisotopic (exact) mass is 298 g/mol. The van der Waals surface area contributed by atoms with Crippen LogP contribution in [0.15, 0.2) is 42.6 Å². The summed E-state index contributed by atoms with van der Waals surface area (Å²) in [5, 5.41) is 1.55. The lowest BCUT2D eigenvalue weighted by atomic mass is 9.98. The molecule has 0 saturated heterocycles. The number of hydrogen-bond donors (Lipinski definition) is 1. The van der Waals surface area contributed by atoms with E-state index in [-0.39, 0.29) is 5.78 Å². The predicted octanol–water partition coefficient (Wildman–Crippen LogP) is 3.95. The Kier molecular flexibility index (Phi) is 3.22. The number of carbonyl (C=O) groups excluding carboxylic acids is 1. The number of nitrogens with two attached hydrogens (primary N) is 1. The van der Waals surface area contributed by atoms with Crippen LogP contribution in [0.3, 0.4) is 0 Å². The lowest BCUT2D eigenvalue weighted by molar-refractivity contribution is 0.103. The summed E-state index contributed by atoms with van der Waals surface area (Å²) in [6.45, 7) is 1.87. The van der Waals surface area contributed by atoms with Gasteiger partial charge >= 0.3 is 0 Å². The van der Waals surface area contributed by atoms with Crippen molar-refractivity contribution in [2.24, 2.45) is 7.05 Å². The first-order valence-electron chi connectivity index (χ1n) is 6.63. The highest BCUT2D eigenvalue weighted by molar-refractivity contribution is 6.31. The number of nitrogens with zero attached hydrogens (tertiary/aromatic N) is 1. The van der Waals surface area contributed by atoms with Gasteiger partial charge in [0.15, 0.2) is 5.78 Å². The van der Waals surface area contributed by atoms with Crippen LogP contribution in [0.5, 0.6) is 0 Å². The molecule has 2 N–H and O–H groups in total. The number of carbonyl (C=O) groups is 1. The number of rotatable bonds is 2. The van der Waals surface area contributed by atoms with Gasteiger partial charge in [-0.2, -0.15) is 0 Å². The summed E-state index contributed by atoms with van der Waals surface area (Å²) in [6.07, 6.45) is 1.84. The molecule has 106 valence electrons. The highest BCUT2D eigenvalue weighted by Gasteiger charge is 2.18. The number of aryl methyl sites for hydroxylation is 1. The second kappa shape index (κ2) is 4.93. The number of fused-ring (bicyclic) bond motifs is 1. The smallest absolute Gasteiger partial charge is 0.195 e. The fourth-order valence-corrected chi connectivity index (χ4v) is 2.75. The third-order valence-corrected chi connectivity index (χ3v) is 4.05. The SMILES string of the molecule is Cc1c(N)cccc1C(=O)c1cn(C)c2cc(Cl)ccc12. The van der Waals surface area contributed by atoms with E-state index in [2.05, 4.69) is 0 Å². The molecule has 3 nitrogen and oxygen atoms in total. The Morgan fingerprint density at radius 1 is 1.19 bits per heavy atom. The summed E-state index contributed by atoms with van der Waals surface area (Å²) in [7, 11) is 1.90. The molecule has 21 heavy (non-hydrogen) atoms. The minimum atomic E-state index is -0.0206. The van der Waals surface area contributed by atoms with Crippen LogP contribution in [0, 0.1) is 6.92 Å². The maximum Gasteiger partial charge on any atom is 0.195 e. The molecule has 0 fully saturated rings. The second-order valence-electron chi connectivity index (χ2n) is 5.16. The van der Waals surface area contributed by atoms with E-state index in [1.807, 2.05) is 42.9 Å². The normalized spacial score (nSPS) is 11.0. The first-order valence-corrected chi connectivity index (χ1v) is 7.01. The molecule has 1 heterocycles. The van der Waals surface area contributed by atoms with Crippen LogP contribution in [0.4, 0.5) is 5.69 Å². The van der Waals surface area contributed by atoms with Crippen LogP contribution >= 0.6 is 11.6 Å². The summed E-state index contributed by atoms with van der Waals surface area (Å²) in [5.41, 5.74) is 9.58. The Hall–Kier alpha value is -2.26. The molecule has 2 aromatic carbocycles. The number of ketones is 1. The molecule has 0 saturated carbocycles. The van der Waals surface area contributed by atoms with E-state index in [1.54, 1.807) is 18.2 Å². The van der Waals surface area contributed by atoms with Crippen molar-refractivity contribution >= 4 is 34.0 Å². The first-order chi connectivity index (χ1) is 9.99. The molecule has 4 heteroatoms. The molecule has 0 unspecified atom stereocenters. The van der Waals surface area contributed by atoms with E-state index in [4.69, 9.17) is 17.3 Å². The predicted molar refractivity (Wildman–Crippen MR) is 87.0 cm³/mol. The molecular formula is C17H15ClN2O. The number of benzene rings is 2. The summed E-state index contributed by atoms with van der Waals surface area (Å²) in [5.74, 6) is -0.0206. The fourth-order valence-electron chi connectivity index (χ4n) is 2.58. The van der Waals surface area contributed by atoms with Crippen molar-refractivity contribution in [3.8, 4) is 0 Å². The Morgan fingerprint density at radius 2 is 1.95 bits per heavy atom. The molecule has 0 radical (unpaired) electrons. The Balaban J connectivity index is 2.21. The van der Waals surface area contributed by atoms with Crippen molar-refractivity contribution in [1.29, 1.82) is 0 Å². The van der Waals surface area contributed by atoms with Gasteiger partial charge in [0.05, 0.1) is 0 Å². The van der Waals surface area contributed by atoms with Crippen LogP contribution < -0.4 is 5.73 Å². The summed E-state index contributed by atoms with van der Waals surface area (Å²) in [4.78, 5) is 12.8. The van der Waals surface area contributed by atoms with E-state index in [0.29, 0.717) is 21.8 Å². The molecule has 0 aliphatic rings. The number of anilines is 1. The van der Waals surface area contributed by atoms with Crippen molar-refractivity contribution in [3.63, 3.8) is 0 Å². The lowest BCUT2D eigenvalue weighted by Gasteiger charge is -2.06. The molecule has 0 amide bonds. The summed E-state index contributed by atoms with van der Waals surface area (Å²) < 4.78 is 1.91. The standard InChI is InChI=1S/C17H15ClN2O/c1-10-12(4-3-5-15(10)19)17(21)14-9-20(2)16-8-11(18)6-7-13(14)16/h3-9H,19H2,1-2H3. The van der Waals surface area contributed by atoms with Crippen LogP contribution in [-0.4, -0.2) is 10.4 Å². The first kappa shape index (κ1) is 13.7. The summed E-state index contributed by atoms with van der Waals surface area (Å²) in [6, 6.07) is 11.0. The molecule has 0 bridgehead atoms. The maximum atomic E-state index is 12.8. The molecule has 0 aliphatic heterocycles. The Labute approximate surface area is 127 Å². The van der Waals surface area contributed by atoms with Crippen molar-refractivity contribution in [3.05, 3.63) is 64.3 Å². The lowest BCUT2D eigenvalue weighted by Crippen LogP contribution is -2.05. The Morgan fingerprint density at radius 3 is 2.71 bits per heavy atom. The van der Waals surface area contributed by atoms with Gasteiger partial charge in [0.25, 0.3) is 0 Å². The molecule has 3 rings (SSSR count). The largest absolute Gasteiger partial charge is 0.398 e. The van der Waals surface area contributed by atoms with Crippen molar-refractivity contribution in [1.82, 2.24) is 4.57 Å². The minimum Gasteiger partial charge on any atom is -0.398 e. The number of halogens is 1. The average Bonchev–Trinajstić information content (AvgIpc) is 2.78. The maximum absolute atomic E-state index is 12.8. The quantitative estimate of drug-likeness (QED) is 0.575. The zero-order valence-corrected chi connectivity index (χ0v) is 12.6. The van der Waals surface area contributed by atoms with Crippen LogP contribution in [0.2, 0.25) is 5.02 Å². The van der Waals surface area contributed by atoms with E-state index < -0.39 is 0 Å². The Bertz CT molecular complexity index is 865. The minimum absolute atomic E-state index is 0.0206. The molecule has 0 aliphatic carbocycles. The average molecular weight is 299 g/mol. The summed E-state index contributed by atoms with van der Waals surface area (Å²) >= 11 is 6.03. The third-order valence-electron chi connectivity index (χ3n) is 3.82. The topological polar surface area (TPSA) is 48.0 Å². The van der Waals surface area contributed by atoms with Gasteiger partial charge in [-0.15, -0.1) is 0 Å². The van der Waals surface area contributed by atoms with Crippen LogP contribution in [0.1, 0.15) is 21.5 Å². The third kappa shape index (κ3) is 2.20. The molecular weight excluding hydrogens is 284 g/mol. The van der Waals surface area contributed by atoms with E-state index in [0.717, 1.165) is 16.5 Å². The number of nitrogen functional groups attached to an aromatic ring is 1. The zero-order valence-electron chi connectivity index (χ0n) is 11.9. The highest BCUT2D eigenvalue weighted by Crippen LogP contribution is 2.27. The van der Waals surface area contributed by atoms with Crippen LogP contribution in [-0.2, 0) is 7.05 Å². The van der Waals surface area contributed by atoms with Crippen molar-refractivity contribution in [2.75, 3.05) is 5.73 Å². The van der Waals surface area contributed by atoms with E-state index in [9.17, 15) is 4.79 Å².